The molecule has 0 saturated carbocycles. The standard InChI is InChI=1S/C20H13F6N3O2S/c21-19(22,23)12-6-13(20(24,25)26)8-15(7-12)28-17(30)5-11-1-3-14(4-2-11)29-18(31)16-9-32-10-27-16/h1-4,6-10H,5H2,(H,28,30)(H,29,31). The summed E-state index contributed by atoms with van der Waals surface area (Å²) in [6.45, 7) is 0. The highest BCUT2D eigenvalue weighted by molar-refractivity contribution is 7.07. The predicted molar refractivity (Wildman–Crippen MR) is 105 cm³/mol. The fourth-order valence-electron chi connectivity index (χ4n) is 2.64. The van der Waals surface area contributed by atoms with Crippen molar-refractivity contribution < 1.29 is 35.9 Å². The lowest BCUT2D eigenvalue weighted by Gasteiger charge is -2.15. The van der Waals surface area contributed by atoms with Gasteiger partial charge >= 0.3 is 12.4 Å². The Morgan fingerprint density at radius 2 is 1.44 bits per heavy atom. The number of thiazole rings is 1. The summed E-state index contributed by atoms with van der Waals surface area (Å²) in [4.78, 5) is 28.0. The van der Waals surface area contributed by atoms with Gasteiger partial charge in [0.05, 0.1) is 23.1 Å². The lowest BCUT2D eigenvalue weighted by atomic mass is 10.1. The molecule has 12 heteroatoms. The minimum Gasteiger partial charge on any atom is -0.326 e. The van der Waals surface area contributed by atoms with E-state index in [-0.39, 0.29) is 18.2 Å². The van der Waals surface area contributed by atoms with Crippen LogP contribution in [0.25, 0.3) is 0 Å². The summed E-state index contributed by atoms with van der Waals surface area (Å²) < 4.78 is 77.6. The number of anilines is 2. The van der Waals surface area contributed by atoms with E-state index in [1.165, 1.54) is 41.1 Å². The highest BCUT2D eigenvalue weighted by Crippen LogP contribution is 2.37. The van der Waals surface area contributed by atoms with Crippen LogP contribution in [0.3, 0.4) is 0 Å². The molecule has 2 aromatic carbocycles. The number of carbonyl (C=O) groups excluding carboxylic acids is 2. The molecule has 3 rings (SSSR count). The molecular formula is C20H13F6N3O2S. The van der Waals surface area contributed by atoms with Crippen LogP contribution >= 0.6 is 11.3 Å². The van der Waals surface area contributed by atoms with Gasteiger partial charge in [-0.2, -0.15) is 26.3 Å². The van der Waals surface area contributed by atoms with E-state index in [2.05, 4.69) is 15.6 Å². The van der Waals surface area contributed by atoms with Gasteiger partial charge in [-0.25, -0.2) is 4.98 Å². The van der Waals surface area contributed by atoms with E-state index in [1.54, 1.807) is 5.38 Å². The lowest BCUT2D eigenvalue weighted by Crippen LogP contribution is -2.17. The molecule has 0 unspecified atom stereocenters. The zero-order chi connectivity index (χ0) is 23.5. The first kappa shape index (κ1) is 23.3. The monoisotopic (exact) mass is 473 g/mol. The van der Waals surface area contributed by atoms with Crippen molar-refractivity contribution in [3.63, 3.8) is 0 Å². The molecule has 0 spiro atoms. The van der Waals surface area contributed by atoms with Crippen LogP contribution in [0, 0.1) is 0 Å². The minimum absolute atomic E-state index is 0.0196. The van der Waals surface area contributed by atoms with Gasteiger partial charge < -0.3 is 10.6 Å². The van der Waals surface area contributed by atoms with Crippen LogP contribution in [0.15, 0.2) is 53.4 Å². The third kappa shape index (κ3) is 6.06. The van der Waals surface area contributed by atoms with Crippen LogP contribution in [0.5, 0.6) is 0 Å². The van der Waals surface area contributed by atoms with Gasteiger partial charge in [0.25, 0.3) is 5.91 Å². The number of aromatic nitrogens is 1. The Hall–Kier alpha value is -3.41. The quantitative estimate of drug-likeness (QED) is 0.473. The second-order valence-corrected chi connectivity index (χ2v) is 7.26. The molecule has 0 radical (unpaired) electrons. The largest absolute Gasteiger partial charge is 0.416 e. The van der Waals surface area contributed by atoms with Gasteiger partial charge in [0.2, 0.25) is 5.91 Å². The molecule has 32 heavy (non-hydrogen) atoms. The van der Waals surface area contributed by atoms with Gasteiger partial charge in [-0.15, -0.1) is 11.3 Å². The maximum atomic E-state index is 12.9. The Balaban J connectivity index is 1.68. The van der Waals surface area contributed by atoms with Crippen LogP contribution < -0.4 is 10.6 Å². The fraction of sp³-hybridized carbons (Fsp3) is 0.150. The Morgan fingerprint density at radius 3 is 1.94 bits per heavy atom. The first-order chi connectivity index (χ1) is 14.9. The maximum absolute atomic E-state index is 12.9. The van der Waals surface area contributed by atoms with E-state index in [1.807, 2.05) is 0 Å². The van der Waals surface area contributed by atoms with Crippen LogP contribution in [-0.4, -0.2) is 16.8 Å². The van der Waals surface area contributed by atoms with Gasteiger partial charge in [-0.3, -0.25) is 9.59 Å². The summed E-state index contributed by atoms with van der Waals surface area (Å²) in [5.41, 5.74) is -1.09. The average molecular weight is 473 g/mol. The van der Waals surface area contributed by atoms with Crippen molar-refractivity contribution in [2.75, 3.05) is 10.6 Å². The SMILES string of the molecule is O=C(Cc1ccc(NC(=O)c2cscn2)cc1)Nc1cc(C(F)(F)F)cc(C(F)(F)F)c1. The molecule has 2 N–H and O–H groups in total. The number of rotatable bonds is 5. The summed E-state index contributed by atoms with van der Waals surface area (Å²) in [6, 6.07) is 6.83. The van der Waals surface area contributed by atoms with E-state index in [0.29, 0.717) is 23.4 Å². The molecule has 168 valence electrons. The van der Waals surface area contributed by atoms with Crippen molar-refractivity contribution in [2.24, 2.45) is 0 Å². The van der Waals surface area contributed by atoms with Crippen molar-refractivity contribution in [1.82, 2.24) is 4.98 Å². The molecule has 1 heterocycles. The first-order valence-electron chi connectivity index (χ1n) is 8.79. The zero-order valence-electron chi connectivity index (χ0n) is 15.8. The Bertz CT molecular complexity index is 1080. The van der Waals surface area contributed by atoms with Crippen LogP contribution in [0.1, 0.15) is 27.2 Å². The van der Waals surface area contributed by atoms with E-state index in [0.717, 1.165) is 0 Å². The highest BCUT2D eigenvalue weighted by Gasteiger charge is 2.37. The fourth-order valence-corrected chi connectivity index (χ4v) is 3.18. The number of nitrogens with zero attached hydrogens (tertiary/aromatic N) is 1. The maximum Gasteiger partial charge on any atom is 0.416 e. The Labute approximate surface area is 181 Å². The smallest absolute Gasteiger partial charge is 0.326 e. The molecule has 5 nitrogen and oxygen atoms in total. The number of alkyl halides is 6. The predicted octanol–water partition coefficient (Wildman–Crippen LogP) is 5.61. The van der Waals surface area contributed by atoms with Gasteiger partial charge in [0, 0.05) is 16.8 Å². The summed E-state index contributed by atoms with van der Waals surface area (Å²) in [5.74, 6) is -1.24. The topological polar surface area (TPSA) is 71.1 Å². The molecule has 0 aliphatic carbocycles. The Morgan fingerprint density at radius 1 is 0.844 bits per heavy atom. The van der Waals surface area contributed by atoms with Crippen LogP contribution in [0.2, 0.25) is 0 Å². The summed E-state index contributed by atoms with van der Waals surface area (Å²) in [6.07, 6.45) is -10.3. The van der Waals surface area contributed by atoms with Crippen molar-refractivity contribution in [1.29, 1.82) is 0 Å². The third-order valence-corrected chi connectivity index (χ3v) is 4.70. The van der Waals surface area contributed by atoms with Crippen molar-refractivity contribution in [2.45, 2.75) is 18.8 Å². The van der Waals surface area contributed by atoms with Crippen molar-refractivity contribution in [3.05, 3.63) is 75.7 Å². The second-order valence-electron chi connectivity index (χ2n) is 6.54. The van der Waals surface area contributed by atoms with E-state index in [9.17, 15) is 35.9 Å². The number of benzene rings is 2. The number of hydrogen-bond acceptors (Lipinski definition) is 4. The van der Waals surface area contributed by atoms with E-state index in [4.69, 9.17) is 0 Å². The number of hydrogen-bond donors (Lipinski definition) is 2. The molecule has 3 aromatic rings. The van der Waals surface area contributed by atoms with E-state index >= 15 is 0 Å². The molecule has 0 fully saturated rings. The van der Waals surface area contributed by atoms with Crippen molar-refractivity contribution >= 4 is 34.5 Å². The number of amides is 2. The van der Waals surface area contributed by atoms with Gasteiger partial charge in [-0.05, 0) is 35.9 Å². The van der Waals surface area contributed by atoms with Crippen molar-refractivity contribution in [3.8, 4) is 0 Å². The summed E-state index contributed by atoms with van der Waals surface area (Å²) in [7, 11) is 0. The number of nitrogens with one attached hydrogen (secondary N) is 2. The van der Waals surface area contributed by atoms with Gasteiger partial charge in [0.1, 0.15) is 5.69 Å². The van der Waals surface area contributed by atoms with Crippen LogP contribution in [0.4, 0.5) is 37.7 Å². The molecule has 1 aromatic heterocycles. The molecule has 0 bridgehead atoms. The lowest BCUT2D eigenvalue weighted by molar-refractivity contribution is -0.143. The highest BCUT2D eigenvalue weighted by atomic mass is 32.1. The van der Waals surface area contributed by atoms with Gasteiger partial charge in [-0.1, -0.05) is 12.1 Å². The molecular weight excluding hydrogens is 460 g/mol. The molecule has 0 atom stereocenters. The van der Waals surface area contributed by atoms with E-state index < -0.39 is 41.0 Å². The number of halogens is 6. The first-order valence-corrected chi connectivity index (χ1v) is 9.74. The zero-order valence-corrected chi connectivity index (χ0v) is 16.7. The minimum atomic E-state index is -5.01. The summed E-state index contributed by atoms with van der Waals surface area (Å²) in [5, 5.41) is 6.22. The van der Waals surface area contributed by atoms with Crippen LogP contribution in [-0.2, 0) is 23.6 Å². The third-order valence-electron chi connectivity index (χ3n) is 4.11. The molecule has 0 saturated heterocycles. The second kappa shape index (κ2) is 8.99. The molecule has 0 aliphatic rings. The number of carbonyl (C=O) groups is 2. The Kier molecular flexibility index (Phi) is 6.53. The molecule has 2 amide bonds. The average Bonchev–Trinajstić information content (AvgIpc) is 3.23. The van der Waals surface area contributed by atoms with Gasteiger partial charge in [0.15, 0.2) is 0 Å². The normalized spacial score (nSPS) is 11.8. The molecule has 0 aliphatic heterocycles. The summed E-state index contributed by atoms with van der Waals surface area (Å²) >= 11 is 1.25.